The van der Waals surface area contributed by atoms with E-state index in [1.807, 2.05) is 0 Å². The van der Waals surface area contributed by atoms with Crippen LogP contribution in [-0.4, -0.2) is 44.8 Å². The molecule has 0 aliphatic carbocycles. The summed E-state index contributed by atoms with van der Waals surface area (Å²) in [5.74, 6) is -0.373. The molecule has 1 aliphatic heterocycles. The monoisotopic (exact) mass is 430 g/mol. The van der Waals surface area contributed by atoms with E-state index in [0.717, 1.165) is 18.4 Å². The lowest BCUT2D eigenvalue weighted by molar-refractivity contribution is 0.0600. The molecule has 7 nitrogen and oxygen atoms in total. The molecule has 160 valence electrons. The predicted octanol–water partition coefficient (Wildman–Crippen LogP) is 2.82. The Morgan fingerprint density at radius 3 is 2.30 bits per heavy atom. The van der Waals surface area contributed by atoms with Crippen LogP contribution in [0.5, 0.6) is 0 Å². The van der Waals surface area contributed by atoms with Crippen molar-refractivity contribution < 1.29 is 22.7 Å². The van der Waals surface area contributed by atoms with Crippen LogP contribution in [0.3, 0.4) is 0 Å². The average molecular weight is 431 g/mol. The summed E-state index contributed by atoms with van der Waals surface area (Å²) >= 11 is 0. The fraction of sp³-hybridized carbons (Fsp3) is 0.364. The number of sulfonamides is 1. The Hall–Kier alpha value is -2.71. The zero-order valence-corrected chi connectivity index (χ0v) is 17.9. The summed E-state index contributed by atoms with van der Waals surface area (Å²) in [6, 6.07) is 12.8. The summed E-state index contributed by atoms with van der Waals surface area (Å²) in [7, 11) is -2.22. The molecule has 1 heterocycles. The highest BCUT2D eigenvalue weighted by Crippen LogP contribution is 2.23. The Morgan fingerprint density at radius 1 is 1.07 bits per heavy atom. The molecule has 0 radical (unpaired) electrons. The van der Waals surface area contributed by atoms with Crippen molar-refractivity contribution in [2.45, 2.75) is 31.2 Å². The van der Waals surface area contributed by atoms with Crippen LogP contribution in [0.15, 0.2) is 53.4 Å². The number of piperidine rings is 1. The zero-order valence-electron chi connectivity index (χ0n) is 17.1. The number of nitrogens with one attached hydrogen (secondary N) is 1. The molecular weight excluding hydrogens is 404 g/mol. The van der Waals surface area contributed by atoms with Gasteiger partial charge in [-0.05, 0) is 60.7 Å². The fourth-order valence-corrected chi connectivity index (χ4v) is 5.05. The molecule has 1 N–H and O–H groups in total. The van der Waals surface area contributed by atoms with Crippen molar-refractivity contribution in [3.8, 4) is 0 Å². The van der Waals surface area contributed by atoms with Crippen molar-refractivity contribution in [2.24, 2.45) is 5.92 Å². The molecule has 1 saturated heterocycles. The van der Waals surface area contributed by atoms with Crippen molar-refractivity contribution >= 4 is 21.9 Å². The van der Waals surface area contributed by atoms with Crippen LogP contribution in [0.1, 0.15) is 46.0 Å². The van der Waals surface area contributed by atoms with Gasteiger partial charge in [-0.15, -0.1) is 0 Å². The van der Waals surface area contributed by atoms with Crippen LogP contribution in [0.4, 0.5) is 0 Å². The van der Waals surface area contributed by atoms with Crippen molar-refractivity contribution in [1.29, 1.82) is 0 Å². The van der Waals surface area contributed by atoms with Crippen LogP contribution in [-0.2, 0) is 21.3 Å². The summed E-state index contributed by atoms with van der Waals surface area (Å²) < 4.78 is 31.8. The molecule has 0 aromatic heterocycles. The number of rotatable bonds is 6. The third-order valence-corrected chi connectivity index (χ3v) is 7.08. The van der Waals surface area contributed by atoms with Crippen LogP contribution < -0.4 is 5.32 Å². The Kier molecular flexibility index (Phi) is 6.89. The number of methoxy groups -OCH3 is 1. The topological polar surface area (TPSA) is 92.8 Å². The van der Waals surface area contributed by atoms with Gasteiger partial charge in [0.05, 0.1) is 17.6 Å². The van der Waals surface area contributed by atoms with Gasteiger partial charge in [-0.3, -0.25) is 4.79 Å². The second-order valence-corrected chi connectivity index (χ2v) is 9.44. The van der Waals surface area contributed by atoms with E-state index in [0.29, 0.717) is 30.1 Å². The highest BCUT2D eigenvalue weighted by Gasteiger charge is 2.28. The number of benzene rings is 2. The highest BCUT2D eigenvalue weighted by molar-refractivity contribution is 7.89. The number of esters is 1. The van der Waals surface area contributed by atoms with E-state index in [4.69, 9.17) is 0 Å². The molecule has 3 rings (SSSR count). The van der Waals surface area contributed by atoms with Crippen LogP contribution in [0, 0.1) is 5.92 Å². The Bertz CT molecular complexity index is 1000. The molecule has 0 unspecified atom stereocenters. The van der Waals surface area contributed by atoms with Gasteiger partial charge in [-0.25, -0.2) is 13.2 Å². The van der Waals surface area contributed by atoms with Gasteiger partial charge in [0.15, 0.2) is 0 Å². The van der Waals surface area contributed by atoms with Gasteiger partial charge in [0.25, 0.3) is 5.91 Å². The molecule has 0 spiro atoms. The van der Waals surface area contributed by atoms with E-state index >= 15 is 0 Å². The molecule has 1 atom stereocenters. The van der Waals surface area contributed by atoms with Gasteiger partial charge < -0.3 is 10.1 Å². The second-order valence-electron chi connectivity index (χ2n) is 7.51. The minimum atomic E-state index is -3.54. The van der Waals surface area contributed by atoms with E-state index in [9.17, 15) is 18.0 Å². The molecule has 2 aromatic carbocycles. The van der Waals surface area contributed by atoms with E-state index in [1.54, 1.807) is 24.3 Å². The molecule has 8 heteroatoms. The van der Waals surface area contributed by atoms with E-state index < -0.39 is 16.0 Å². The first kappa shape index (κ1) is 22.0. The van der Waals surface area contributed by atoms with Crippen molar-refractivity contribution in [3.05, 3.63) is 65.2 Å². The number of amides is 1. The number of nitrogens with zero attached hydrogens (tertiary/aromatic N) is 1. The Morgan fingerprint density at radius 2 is 1.70 bits per heavy atom. The maximum absolute atomic E-state index is 12.8. The normalized spacial score (nSPS) is 17.3. The van der Waals surface area contributed by atoms with Crippen molar-refractivity contribution in [2.75, 3.05) is 20.2 Å². The van der Waals surface area contributed by atoms with E-state index in [2.05, 4.69) is 17.0 Å². The van der Waals surface area contributed by atoms with Gasteiger partial charge in [-0.2, -0.15) is 4.31 Å². The molecule has 0 bridgehead atoms. The van der Waals surface area contributed by atoms with Gasteiger partial charge >= 0.3 is 5.97 Å². The van der Waals surface area contributed by atoms with Crippen molar-refractivity contribution in [3.63, 3.8) is 0 Å². The Labute approximate surface area is 177 Å². The summed E-state index contributed by atoms with van der Waals surface area (Å²) in [5, 5.41) is 2.79. The maximum Gasteiger partial charge on any atom is 0.337 e. The SMILES string of the molecule is COC(=O)c1ccc(CNC(=O)c2ccc(S(=O)(=O)N3CCC[C@H](C)C3)cc2)cc1. The first-order valence-electron chi connectivity index (χ1n) is 9.87. The number of carbonyl (C=O) groups excluding carboxylic acids is 2. The summed E-state index contributed by atoms with van der Waals surface area (Å²) in [6.45, 7) is 3.40. The summed E-state index contributed by atoms with van der Waals surface area (Å²) in [6.07, 6.45) is 1.90. The van der Waals surface area contributed by atoms with Gasteiger partial charge in [0, 0.05) is 25.2 Å². The van der Waals surface area contributed by atoms with Crippen LogP contribution >= 0.6 is 0 Å². The smallest absolute Gasteiger partial charge is 0.337 e. The number of hydrogen-bond donors (Lipinski definition) is 1. The third-order valence-electron chi connectivity index (χ3n) is 5.20. The molecule has 1 fully saturated rings. The lowest BCUT2D eigenvalue weighted by Gasteiger charge is -2.30. The van der Waals surface area contributed by atoms with Crippen LogP contribution in [0.2, 0.25) is 0 Å². The predicted molar refractivity (Wildman–Crippen MR) is 113 cm³/mol. The van der Waals surface area contributed by atoms with Gasteiger partial charge in [0.1, 0.15) is 0 Å². The van der Waals surface area contributed by atoms with Gasteiger partial charge in [-0.1, -0.05) is 19.1 Å². The number of ether oxygens (including phenoxy) is 1. The lowest BCUT2D eigenvalue weighted by Crippen LogP contribution is -2.39. The standard InChI is InChI=1S/C22H26N2O5S/c1-16-4-3-13-24(15-16)30(27,28)20-11-9-18(10-12-20)21(25)23-14-17-5-7-19(8-6-17)22(26)29-2/h5-12,16H,3-4,13-15H2,1-2H3,(H,23,25)/t16-/m0/s1. The number of hydrogen-bond acceptors (Lipinski definition) is 5. The molecule has 0 saturated carbocycles. The first-order valence-corrected chi connectivity index (χ1v) is 11.3. The quantitative estimate of drug-likeness (QED) is 0.712. The molecule has 1 amide bonds. The summed E-state index contributed by atoms with van der Waals surface area (Å²) in [4.78, 5) is 24.1. The van der Waals surface area contributed by atoms with Crippen molar-refractivity contribution in [1.82, 2.24) is 9.62 Å². The largest absolute Gasteiger partial charge is 0.465 e. The molecular formula is C22H26N2O5S. The number of carbonyl (C=O) groups is 2. The van der Waals surface area contributed by atoms with Crippen LogP contribution in [0.25, 0.3) is 0 Å². The highest BCUT2D eigenvalue weighted by atomic mass is 32.2. The maximum atomic E-state index is 12.8. The minimum Gasteiger partial charge on any atom is -0.465 e. The Balaban J connectivity index is 1.61. The third kappa shape index (κ3) is 5.06. The van der Waals surface area contributed by atoms with Gasteiger partial charge in [0.2, 0.25) is 10.0 Å². The summed E-state index contributed by atoms with van der Waals surface area (Å²) in [5.41, 5.74) is 1.65. The second kappa shape index (κ2) is 9.40. The molecule has 1 aliphatic rings. The molecule has 30 heavy (non-hydrogen) atoms. The zero-order chi connectivity index (χ0) is 21.7. The lowest BCUT2D eigenvalue weighted by atomic mass is 10.0. The fourth-order valence-electron chi connectivity index (χ4n) is 3.45. The molecule has 2 aromatic rings. The van der Waals surface area contributed by atoms with E-state index in [-0.39, 0.29) is 17.3 Å². The first-order chi connectivity index (χ1) is 14.3. The minimum absolute atomic E-state index is 0.201. The average Bonchev–Trinajstić information content (AvgIpc) is 2.77. The van der Waals surface area contributed by atoms with E-state index in [1.165, 1.54) is 35.7 Å².